The number of nitrogens with two attached hydrogens (primary N) is 1. The van der Waals surface area contributed by atoms with E-state index in [9.17, 15) is 0 Å². The summed E-state index contributed by atoms with van der Waals surface area (Å²) in [6.07, 6.45) is 3.03. The van der Waals surface area contributed by atoms with E-state index in [1.165, 1.54) is 16.8 Å². The number of rotatable bonds is 5. The molecule has 1 aliphatic rings. The first-order valence-electron chi connectivity index (χ1n) is 6.28. The highest BCUT2D eigenvalue weighted by molar-refractivity contribution is 5.58. The van der Waals surface area contributed by atoms with Crippen molar-refractivity contribution in [3.05, 3.63) is 29.3 Å². The zero-order chi connectivity index (χ0) is 12.3. The predicted molar refractivity (Wildman–Crippen MR) is 71.6 cm³/mol. The van der Waals surface area contributed by atoms with Crippen LogP contribution in [0.15, 0.2) is 18.2 Å². The fraction of sp³-hybridized carbons (Fsp3) is 0.571. The summed E-state index contributed by atoms with van der Waals surface area (Å²) < 4.78 is 5.05. The Hall–Kier alpha value is -1.06. The highest BCUT2D eigenvalue weighted by Crippen LogP contribution is 2.27. The van der Waals surface area contributed by atoms with E-state index in [0.717, 1.165) is 32.4 Å². The molecule has 1 aliphatic heterocycles. The minimum Gasteiger partial charge on any atom is -0.385 e. The minimum absolute atomic E-state index is 0.201. The first-order chi connectivity index (χ1) is 8.20. The molecule has 0 aromatic heterocycles. The van der Waals surface area contributed by atoms with E-state index in [1.54, 1.807) is 7.11 Å². The zero-order valence-corrected chi connectivity index (χ0v) is 10.8. The van der Waals surface area contributed by atoms with Gasteiger partial charge in [-0.05, 0) is 36.5 Å². The molecule has 0 radical (unpaired) electrons. The van der Waals surface area contributed by atoms with Crippen LogP contribution in [-0.4, -0.2) is 33.4 Å². The van der Waals surface area contributed by atoms with E-state index in [4.69, 9.17) is 10.5 Å². The maximum absolute atomic E-state index is 6.07. The van der Waals surface area contributed by atoms with Gasteiger partial charge in [0.2, 0.25) is 0 Å². The van der Waals surface area contributed by atoms with Crippen molar-refractivity contribution in [3.8, 4) is 0 Å². The largest absolute Gasteiger partial charge is 0.385 e. The minimum atomic E-state index is 0.201. The molecule has 0 amide bonds. The molecule has 0 bridgehead atoms. The molecule has 2 rings (SSSR count). The predicted octanol–water partition coefficient (Wildman–Crippen LogP) is 1.59. The average Bonchev–Trinajstić information content (AvgIpc) is 2.68. The number of hydrogen-bond acceptors (Lipinski definition) is 3. The van der Waals surface area contributed by atoms with E-state index in [0.29, 0.717) is 0 Å². The monoisotopic (exact) mass is 234 g/mol. The van der Waals surface area contributed by atoms with Crippen LogP contribution in [0.2, 0.25) is 0 Å². The molecule has 3 nitrogen and oxygen atoms in total. The van der Waals surface area contributed by atoms with Gasteiger partial charge in [-0.25, -0.2) is 0 Å². The van der Waals surface area contributed by atoms with Gasteiger partial charge in [-0.1, -0.05) is 12.1 Å². The molecule has 0 saturated heterocycles. The van der Waals surface area contributed by atoms with Crippen LogP contribution in [0.3, 0.4) is 0 Å². The Labute approximate surface area is 104 Å². The highest BCUT2D eigenvalue weighted by Gasteiger charge is 2.16. The molecule has 2 N–H and O–H groups in total. The number of nitrogens with zero attached hydrogens (tertiary/aromatic N) is 1. The Balaban J connectivity index is 1.98. The molecule has 1 unspecified atom stereocenters. The Morgan fingerprint density at radius 1 is 1.47 bits per heavy atom. The number of methoxy groups -OCH3 is 1. The van der Waals surface area contributed by atoms with Gasteiger partial charge in [-0.3, -0.25) is 0 Å². The Bertz CT molecular complexity index is 378. The Morgan fingerprint density at radius 3 is 3.06 bits per heavy atom. The summed E-state index contributed by atoms with van der Waals surface area (Å²) in [6, 6.07) is 6.94. The fourth-order valence-electron chi connectivity index (χ4n) is 2.42. The summed E-state index contributed by atoms with van der Waals surface area (Å²) in [5, 5.41) is 0. The molecule has 1 aromatic rings. The number of likely N-dealkylation sites (N-methyl/N-ethyl adjacent to an activating group) is 1. The van der Waals surface area contributed by atoms with Crippen LogP contribution >= 0.6 is 0 Å². The van der Waals surface area contributed by atoms with Gasteiger partial charge in [-0.15, -0.1) is 0 Å². The maximum Gasteiger partial charge on any atom is 0.0477 e. The van der Waals surface area contributed by atoms with Crippen molar-refractivity contribution >= 4 is 5.69 Å². The maximum atomic E-state index is 6.07. The van der Waals surface area contributed by atoms with E-state index in [2.05, 4.69) is 30.1 Å². The molecule has 0 saturated carbocycles. The SMILES string of the molecule is COCCC(N)Cc1ccc2c(c1)CCN2C. The van der Waals surface area contributed by atoms with Gasteiger partial charge in [0.1, 0.15) is 0 Å². The fourth-order valence-corrected chi connectivity index (χ4v) is 2.42. The molecule has 0 spiro atoms. The van der Waals surface area contributed by atoms with Crippen LogP contribution < -0.4 is 10.6 Å². The van der Waals surface area contributed by atoms with E-state index >= 15 is 0 Å². The van der Waals surface area contributed by atoms with Crippen LogP contribution in [0.25, 0.3) is 0 Å². The number of anilines is 1. The second-order valence-corrected chi connectivity index (χ2v) is 4.88. The van der Waals surface area contributed by atoms with Crippen molar-refractivity contribution in [2.75, 3.05) is 32.2 Å². The number of benzene rings is 1. The summed E-state index contributed by atoms with van der Waals surface area (Å²) in [5.74, 6) is 0. The normalized spacial score (nSPS) is 16.1. The molecule has 0 aliphatic carbocycles. The standard InChI is InChI=1S/C14H22N2O/c1-16-7-5-12-9-11(3-4-14(12)16)10-13(15)6-8-17-2/h3-4,9,13H,5-8,10,15H2,1-2H3. The van der Waals surface area contributed by atoms with Gasteiger partial charge in [0.05, 0.1) is 0 Å². The first kappa shape index (κ1) is 12.4. The lowest BCUT2D eigenvalue weighted by molar-refractivity contribution is 0.188. The quantitative estimate of drug-likeness (QED) is 0.840. The molecular weight excluding hydrogens is 212 g/mol. The summed E-state index contributed by atoms with van der Waals surface area (Å²) in [6.45, 7) is 1.88. The van der Waals surface area contributed by atoms with Gasteiger partial charge < -0.3 is 15.4 Å². The average molecular weight is 234 g/mol. The lowest BCUT2D eigenvalue weighted by Crippen LogP contribution is -2.24. The van der Waals surface area contributed by atoms with Crippen LogP contribution in [0, 0.1) is 0 Å². The van der Waals surface area contributed by atoms with Crippen LogP contribution in [0.5, 0.6) is 0 Å². The van der Waals surface area contributed by atoms with Gasteiger partial charge >= 0.3 is 0 Å². The van der Waals surface area contributed by atoms with Gasteiger partial charge in [0.25, 0.3) is 0 Å². The van der Waals surface area contributed by atoms with Crippen molar-refractivity contribution in [1.82, 2.24) is 0 Å². The van der Waals surface area contributed by atoms with Crippen molar-refractivity contribution in [3.63, 3.8) is 0 Å². The number of fused-ring (bicyclic) bond motifs is 1. The van der Waals surface area contributed by atoms with E-state index in [-0.39, 0.29) is 6.04 Å². The third kappa shape index (κ3) is 2.99. The third-order valence-corrected chi connectivity index (χ3v) is 3.46. The van der Waals surface area contributed by atoms with Crippen LogP contribution in [-0.2, 0) is 17.6 Å². The Morgan fingerprint density at radius 2 is 2.29 bits per heavy atom. The molecular formula is C14H22N2O. The zero-order valence-electron chi connectivity index (χ0n) is 10.8. The van der Waals surface area contributed by atoms with Gasteiger partial charge in [0, 0.05) is 39.0 Å². The van der Waals surface area contributed by atoms with Crippen molar-refractivity contribution in [1.29, 1.82) is 0 Å². The molecule has 94 valence electrons. The smallest absolute Gasteiger partial charge is 0.0477 e. The molecule has 3 heteroatoms. The Kier molecular flexibility index (Phi) is 4.02. The van der Waals surface area contributed by atoms with Crippen molar-refractivity contribution < 1.29 is 4.74 Å². The lowest BCUT2D eigenvalue weighted by atomic mass is 10.0. The first-order valence-corrected chi connectivity index (χ1v) is 6.28. The second kappa shape index (κ2) is 5.52. The van der Waals surface area contributed by atoms with E-state index in [1.807, 2.05) is 0 Å². The summed E-state index contributed by atoms with van der Waals surface area (Å²) in [7, 11) is 3.87. The topological polar surface area (TPSA) is 38.5 Å². The van der Waals surface area contributed by atoms with Crippen LogP contribution in [0.1, 0.15) is 17.5 Å². The molecule has 1 atom stereocenters. The lowest BCUT2D eigenvalue weighted by Gasteiger charge is -2.14. The second-order valence-electron chi connectivity index (χ2n) is 4.88. The molecule has 17 heavy (non-hydrogen) atoms. The van der Waals surface area contributed by atoms with Crippen LogP contribution in [0.4, 0.5) is 5.69 Å². The van der Waals surface area contributed by atoms with Crippen molar-refractivity contribution in [2.45, 2.75) is 25.3 Å². The summed E-state index contributed by atoms with van der Waals surface area (Å²) in [5.41, 5.74) is 10.3. The van der Waals surface area contributed by atoms with Gasteiger partial charge in [-0.2, -0.15) is 0 Å². The molecule has 1 aromatic carbocycles. The molecule has 0 fully saturated rings. The molecule has 1 heterocycles. The van der Waals surface area contributed by atoms with Crippen molar-refractivity contribution in [2.24, 2.45) is 5.73 Å². The van der Waals surface area contributed by atoms with Gasteiger partial charge in [0.15, 0.2) is 0 Å². The number of hydrogen-bond donors (Lipinski definition) is 1. The number of ether oxygens (including phenoxy) is 1. The summed E-state index contributed by atoms with van der Waals surface area (Å²) >= 11 is 0. The van der Waals surface area contributed by atoms with E-state index < -0.39 is 0 Å². The highest BCUT2D eigenvalue weighted by atomic mass is 16.5. The third-order valence-electron chi connectivity index (χ3n) is 3.46. The summed E-state index contributed by atoms with van der Waals surface area (Å²) in [4.78, 5) is 2.31.